The average Bonchev–Trinajstić information content (AvgIpc) is 1.62. The van der Waals surface area contributed by atoms with Gasteiger partial charge in [0, 0.05) is 172 Å². The normalized spacial score (nSPS) is 25.5. The van der Waals surface area contributed by atoms with E-state index in [-0.39, 0.29) is 45.9 Å². The highest BCUT2D eigenvalue weighted by Gasteiger charge is 2.43. The summed E-state index contributed by atoms with van der Waals surface area (Å²) in [6.45, 7) is 25.7. The highest BCUT2D eigenvalue weighted by Crippen LogP contribution is 2.47. The Morgan fingerprint density at radius 3 is 0.747 bits per heavy atom. The molecule has 5 saturated heterocycles. The second-order valence-corrected chi connectivity index (χ2v) is 54.3. The van der Waals surface area contributed by atoms with Crippen molar-refractivity contribution in [2.24, 2.45) is 0 Å². The van der Waals surface area contributed by atoms with Crippen molar-refractivity contribution in [1.82, 2.24) is 80.3 Å². The van der Waals surface area contributed by atoms with Crippen LogP contribution in [-0.4, -0.2) is 277 Å². The van der Waals surface area contributed by atoms with Gasteiger partial charge in [-0.2, -0.15) is 19.9 Å². The predicted molar refractivity (Wildman–Crippen MR) is 585 cm³/mol. The lowest BCUT2D eigenvalue weighted by atomic mass is 9.90. The van der Waals surface area contributed by atoms with Gasteiger partial charge in [-0.1, -0.05) is 98.8 Å². The minimum absolute atomic E-state index is 0.184. The first kappa shape index (κ1) is 112. The smallest absolute Gasteiger partial charge is 0.224 e. The Morgan fingerprint density at radius 1 is 0.295 bits per heavy atom. The van der Waals surface area contributed by atoms with E-state index in [0.29, 0.717) is 155 Å². The molecule has 814 valence electrons. The van der Waals surface area contributed by atoms with Gasteiger partial charge >= 0.3 is 0 Å². The van der Waals surface area contributed by atoms with Gasteiger partial charge in [-0.3, -0.25) is 0 Å². The third-order valence-corrected chi connectivity index (χ3v) is 43.9. The number of fused-ring (bicyclic) bond motifs is 4. The van der Waals surface area contributed by atoms with Crippen molar-refractivity contribution < 1.29 is 54.1 Å². The van der Waals surface area contributed by atoms with E-state index in [1.54, 1.807) is 17.2 Å². The van der Waals surface area contributed by atoms with E-state index in [2.05, 4.69) is 147 Å². The fourth-order valence-corrected chi connectivity index (χ4v) is 33.5. The number of rotatable bonds is 33. The van der Waals surface area contributed by atoms with Gasteiger partial charge in [0.05, 0.1) is 45.9 Å². The quantitative estimate of drug-likeness (QED) is 0.0189. The number of anilines is 4. The Bertz CT molecular complexity index is 5780. The summed E-state index contributed by atoms with van der Waals surface area (Å²) in [5, 5.41) is 57.8. The van der Waals surface area contributed by atoms with Crippen molar-refractivity contribution in [2.45, 2.75) is 463 Å². The monoisotopic (exact) mass is 2100 g/mol. The molecule has 6 saturated carbocycles. The van der Waals surface area contributed by atoms with E-state index < -0.39 is 40.1 Å². The van der Waals surface area contributed by atoms with Crippen LogP contribution in [-0.2, 0) is 40.1 Å². The van der Waals surface area contributed by atoms with E-state index in [9.17, 15) is 54.1 Å². The van der Waals surface area contributed by atoms with Gasteiger partial charge < -0.3 is 64.9 Å². The first-order valence-corrected chi connectivity index (χ1v) is 63.3. The van der Waals surface area contributed by atoms with Crippen LogP contribution < -0.4 is 21.3 Å². The molecule has 0 unspecified atom stereocenters. The van der Waals surface area contributed by atoms with Crippen LogP contribution >= 0.6 is 0 Å². The van der Waals surface area contributed by atoms with E-state index >= 15 is 0 Å². The molecule has 13 heterocycles. The highest BCUT2D eigenvalue weighted by atomic mass is 32.2. The number of piperidine rings is 5. The number of nitrogens with one attached hydrogen (secondary N) is 4. The first-order chi connectivity index (χ1) is 70.3. The molecule has 19 rings (SSSR count). The van der Waals surface area contributed by atoms with Crippen LogP contribution in [0.15, 0.2) is 49.6 Å². The topological polar surface area (TPSA) is 405 Å². The lowest BCUT2D eigenvalue weighted by Gasteiger charge is -2.36. The number of aromatic nitrogens is 12. The molecule has 11 fully saturated rings. The molecule has 0 spiro atoms. The number of hydrogen-bond acceptors (Lipinski definition) is 25. The molecule has 0 radical (unpaired) electrons. The molecule has 0 amide bonds. The molecule has 6 aliphatic carbocycles. The van der Waals surface area contributed by atoms with Gasteiger partial charge in [-0.25, -0.2) is 70.8 Å². The molecule has 4 atom stereocenters. The Morgan fingerprint density at radius 2 is 0.521 bits per heavy atom. The SMILES string of the molecule is CCC[C@H](C)Nc1ncc2c(C3CCN(S(=O)(=O)C4CCCCC4)CC3)cn(C3CCC(O)CC3)c2n1.CCC[C@H](C)Nc1ncc2c(C3CCN(S(=O)(=O)C4CCCCC4)CC3)cn(C3CCC(O)CC3)c2n1.CCC[C@H](C)Nc1ncc2c(C3CCN(S(=O)(=O)C4CCN(C)CC4)CC3)cn(C3CCC(O)CC3)c2n1.CCC[C@H](C)Nc1ncc2c(C3CCN(S(=O)(=O)CCC)CC3)cn(C3CCC(O)CC3)c2n1. The Balaban J connectivity index is 0.000000139. The fraction of sp³-hybridized carbons (Fsp3) is 0.780. The molecule has 11 aliphatic rings. The summed E-state index contributed by atoms with van der Waals surface area (Å²) in [6, 6.07) is 2.52. The van der Waals surface area contributed by atoms with E-state index in [4.69, 9.17) is 24.9 Å². The maximum atomic E-state index is 13.4. The zero-order chi connectivity index (χ0) is 103. The van der Waals surface area contributed by atoms with Crippen molar-refractivity contribution in [3.8, 4) is 0 Å². The lowest BCUT2D eigenvalue weighted by molar-refractivity contribution is 0.111. The number of hydrogen-bond donors (Lipinski definition) is 8. The van der Waals surface area contributed by atoms with Crippen LogP contribution in [0, 0.1) is 0 Å². The molecule has 0 aromatic carbocycles. The summed E-state index contributed by atoms with van der Waals surface area (Å²) in [6.07, 6.45) is 57.4. The summed E-state index contributed by atoms with van der Waals surface area (Å²) < 4.78 is 121. The van der Waals surface area contributed by atoms with E-state index in [0.717, 1.165) is 340 Å². The molecule has 5 aliphatic heterocycles. The number of aliphatic hydroxyl groups excluding tert-OH is 4. The average molecular weight is 2100 g/mol. The maximum Gasteiger partial charge on any atom is 0.224 e. The second-order valence-electron chi connectivity index (χ2n) is 45.5. The van der Waals surface area contributed by atoms with Gasteiger partial charge in [-0.15, -0.1) is 0 Å². The first-order valence-electron chi connectivity index (χ1n) is 57.2. The zero-order valence-corrected chi connectivity index (χ0v) is 92.7. The molecule has 0 bridgehead atoms. The van der Waals surface area contributed by atoms with Crippen LogP contribution in [0.1, 0.15) is 421 Å². The Kier molecular flexibility index (Phi) is 39.2. The standard InChI is InChI=1S/C28H46N6O3S.2C28H45N5O3S.C25H41N5O3S/c1-4-5-20(2)30-28-29-18-25-26(19-34(27(25)31-28)22-6-8-23(35)9-7-22)21-10-16-33(17-11-21)38(36,37)24-12-14-32(3)15-13-24;2*1-3-7-20(2)30-28-29-18-25-26(19-33(27(25)31-28)22-10-12-23(34)13-11-22)21-14-16-32(17-15-21)37(35,36)24-8-5-4-6-9-24;1-4-6-18(3)27-25-26-16-22-23(19-11-13-29(14-12-19)34(32,33)15-5-2)17-30(24(22)28-25)20-7-9-21(31)10-8-20/h18-24,35H,4-17H2,1-3H3,(H,29,30,31);2*18-24,34H,3-17H2,1-2H3,(H,29,30,31);16-21,31H,4-15H2,1-3H3,(H,26,27,28)/t3*20-,22?,23?;18-,20?,21?/m0000/s1. The number of nitrogens with zero attached hydrogens (tertiary/aromatic N) is 17. The molecular formula is C109H177N21O12S4. The predicted octanol–water partition coefficient (Wildman–Crippen LogP) is 19.2. The minimum Gasteiger partial charge on any atom is -0.393 e. The lowest BCUT2D eigenvalue weighted by Crippen LogP contribution is -2.46. The maximum absolute atomic E-state index is 13.4. The molecule has 8 aromatic rings. The van der Waals surface area contributed by atoms with Gasteiger partial charge in [-0.05, 0) is 318 Å². The van der Waals surface area contributed by atoms with Crippen LogP contribution in [0.3, 0.4) is 0 Å². The van der Waals surface area contributed by atoms with Crippen LogP contribution in [0.5, 0.6) is 0 Å². The molecule has 33 nitrogen and oxygen atoms in total. The second kappa shape index (κ2) is 51.2. The summed E-state index contributed by atoms with van der Waals surface area (Å²) in [5.74, 6) is 4.09. The molecule has 8 N–H and O–H groups in total. The Hall–Kier alpha value is -6.88. The van der Waals surface area contributed by atoms with Crippen LogP contribution in [0.2, 0.25) is 0 Å². The molecular weight excluding hydrogens is 1920 g/mol. The highest BCUT2D eigenvalue weighted by molar-refractivity contribution is 7.90. The molecule has 8 aromatic heterocycles. The number of sulfonamides is 4. The van der Waals surface area contributed by atoms with Crippen LogP contribution in [0.4, 0.5) is 23.8 Å². The van der Waals surface area contributed by atoms with Crippen LogP contribution in [0.25, 0.3) is 44.1 Å². The van der Waals surface area contributed by atoms with Crippen molar-refractivity contribution >= 4 is 108 Å². The van der Waals surface area contributed by atoms with E-state index in [1.165, 1.54) is 22.3 Å². The summed E-state index contributed by atoms with van der Waals surface area (Å²) >= 11 is 0. The number of aliphatic hydroxyl groups is 4. The number of likely N-dealkylation sites (tertiary alicyclic amines) is 1. The van der Waals surface area contributed by atoms with Crippen molar-refractivity contribution in [3.63, 3.8) is 0 Å². The van der Waals surface area contributed by atoms with Crippen molar-refractivity contribution in [1.29, 1.82) is 0 Å². The van der Waals surface area contributed by atoms with Gasteiger partial charge in [0.2, 0.25) is 63.9 Å². The van der Waals surface area contributed by atoms with Crippen molar-refractivity contribution in [3.05, 3.63) is 71.8 Å². The Labute approximate surface area is 871 Å². The summed E-state index contributed by atoms with van der Waals surface area (Å²) in [7, 11) is -10.7. The summed E-state index contributed by atoms with van der Waals surface area (Å²) in [4.78, 5) is 40.9. The third-order valence-electron chi connectivity index (χ3n) is 34.6. The molecule has 146 heavy (non-hydrogen) atoms. The van der Waals surface area contributed by atoms with E-state index in [1.807, 2.05) is 31.7 Å². The van der Waals surface area contributed by atoms with Gasteiger partial charge in [0.15, 0.2) is 0 Å². The fourth-order valence-electron chi connectivity index (χ4n) is 25.9. The van der Waals surface area contributed by atoms with Gasteiger partial charge in [0.1, 0.15) is 22.6 Å². The van der Waals surface area contributed by atoms with Crippen molar-refractivity contribution in [2.75, 3.05) is 99.5 Å². The summed E-state index contributed by atoms with van der Waals surface area (Å²) in [5.41, 5.74) is 8.85. The van der Waals surface area contributed by atoms with Gasteiger partial charge in [0.25, 0.3) is 0 Å². The zero-order valence-electron chi connectivity index (χ0n) is 89.5. The largest absolute Gasteiger partial charge is 0.393 e. The minimum atomic E-state index is -3.25. The third kappa shape index (κ3) is 27.3. The molecule has 37 heteroatoms.